The molecule has 0 aromatic heterocycles. The number of hydrogen-bond donors (Lipinski definition) is 1. The summed E-state index contributed by atoms with van der Waals surface area (Å²) >= 11 is 0. The molecule has 0 fully saturated rings. The first-order valence-electron chi connectivity index (χ1n) is 6.96. The fraction of sp³-hybridized carbons (Fsp3) is 0.235. The smallest absolute Gasteiger partial charge is 0.248 e. The quantitative estimate of drug-likeness (QED) is 0.871. The average molecular weight is 287 g/mol. The van der Waals surface area contributed by atoms with Gasteiger partial charge in [0, 0.05) is 5.56 Å². The summed E-state index contributed by atoms with van der Waals surface area (Å²) < 4.78 is 19.3. The van der Waals surface area contributed by atoms with E-state index in [1.165, 1.54) is 17.7 Å². The van der Waals surface area contributed by atoms with Gasteiger partial charge < -0.3 is 10.5 Å². The second-order valence-corrected chi connectivity index (χ2v) is 4.86. The van der Waals surface area contributed by atoms with Gasteiger partial charge in [-0.2, -0.15) is 0 Å². The predicted molar refractivity (Wildman–Crippen MR) is 80.0 cm³/mol. The Labute approximate surface area is 123 Å². The van der Waals surface area contributed by atoms with Crippen LogP contribution in [0.15, 0.2) is 42.5 Å². The Morgan fingerprint density at radius 3 is 2.48 bits per heavy atom. The molecule has 0 spiro atoms. The highest BCUT2D eigenvalue weighted by Gasteiger charge is 2.09. The number of rotatable bonds is 6. The lowest BCUT2D eigenvalue weighted by atomic mass is 10.1. The highest BCUT2D eigenvalue weighted by molar-refractivity contribution is 5.92. The summed E-state index contributed by atoms with van der Waals surface area (Å²) in [5.74, 6) is -0.649. The summed E-state index contributed by atoms with van der Waals surface area (Å²) in [7, 11) is 0. The van der Waals surface area contributed by atoms with Gasteiger partial charge in [-0.1, -0.05) is 25.5 Å². The maximum Gasteiger partial charge on any atom is 0.248 e. The van der Waals surface area contributed by atoms with Crippen LogP contribution in [0, 0.1) is 5.82 Å². The molecule has 0 aliphatic carbocycles. The normalized spacial score (nSPS) is 10.4. The number of ether oxygens (including phenoxy) is 1. The molecular formula is C17H18FNO2. The maximum absolute atomic E-state index is 13.8. The Balaban J connectivity index is 2.09. The molecule has 1 amide bonds. The van der Waals surface area contributed by atoms with Crippen LogP contribution in [0.2, 0.25) is 0 Å². The number of amides is 1. The first-order valence-corrected chi connectivity index (χ1v) is 6.96. The number of carbonyl (C=O) groups is 1. The van der Waals surface area contributed by atoms with Gasteiger partial charge in [0.05, 0.1) is 0 Å². The van der Waals surface area contributed by atoms with Crippen LogP contribution in [-0.2, 0) is 6.42 Å². The number of unbranched alkanes of at least 4 members (excludes halogenated alkanes) is 1. The Bertz CT molecular complexity index is 623. The first kappa shape index (κ1) is 15.0. The third kappa shape index (κ3) is 4.05. The summed E-state index contributed by atoms with van der Waals surface area (Å²) in [6.07, 6.45) is 3.32. The number of carbonyl (C=O) groups excluding carboxylic acids is 1. The highest BCUT2D eigenvalue weighted by Crippen LogP contribution is 2.25. The monoisotopic (exact) mass is 287 g/mol. The molecule has 0 atom stereocenters. The van der Waals surface area contributed by atoms with Crippen molar-refractivity contribution in [3.05, 3.63) is 59.4 Å². The zero-order valence-electron chi connectivity index (χ0n) is 11.9. The van der Waals surface area contributed by atoms with Crippen LogP contribution in [0.25, 0.3) is 0 Å². The Hall–Kier alpha value is -2.36. The van der Waals surface area contributed by atoms with Crippen molar-refractivity contribution in [2.45, 2.75) is 26.2 Å². The summed E-state index contributed by atoms with van der Waals surface area (Å²) in [6, 6.07) is 11.5. The van der Waals surface area contributed by atoms with E-state index in [4.69, 9.17) is 10.5 Å². The minimum Gasteiger partial charge on any atom is -0.454 e. The van der Waals surface area contributed by atoms with Crippen molar-refractivity contribution in [1.82, 2.24) is 0 Å². The SMILES string of the molecule is CCCCc1ccc(Oc2ccc(C(N)=O)cc2F)cc1. The lowest BCUT2D eigenvalue weighted by molar-refractivity contribution is 0.1000. The number of aryl methyl sites for hydroxylation is 1. The molecule has 0 aliphatic heterocycles. The summed E-state index contributed by atoms with van der Waals surface area (Å²) in [5, 5.41) is 0. The number of benzene rings is 2. The highest BCUT2D eigenvalue weighted by atomic mass is 19.1. The molecule has 2 rings (SSSR count). The zero-order chi connectivity index (χ0) is 15.2. The topological polar surface area (TPSA) is 52.3 Å². The van der Waals surface area contributed by atoms with Crippen LogP contribution in [0.5, 0.6) is 11.5 Å². The largest absolute Gasteiger partial charge is 0.454 e. The van der Waals surface area contributed by atoms with Gasteiger partial charge in [-0.05, 0) is 48.7 Å². The van der Waals surface area contributed by atoms with Crippen molar-refractivity contribution in [3.63, 3.8) is 0 Å². The molecule has 3 nitrogen and oxygen atoms in total. The van der Waals surface area contributed by atoms with Crippen LogP contribution in [0.3, 0.4) is 0 Å². The van der Waals surface area contributed by atoms with Crippen LogP contribution < -0.4 is 10.5 Å². The number of nitrogens with two attached hydrogens (primary N) is 1. The van der Waals surface area contributed by atoms with E-state index >= 15 is 0 Å². The van der Waals surface area contributed by atoms with E-state index in [1.54, 1.807) is 0 Å². The lowest BCUT2D eigenvalue weighted by Crippen LogP contribution is -2.11. The van der Waals surface area contributed by atoms with E-state index in [1.807, 2.05) is 24.3 Å². The van der Waals surface area contributed by atoms with Crippen molar-refractivity contribution in [2.24, 2.45) is 5.73 Å². The average Bonchev–Trinajstić information content (AvgIpc) is 2.48. The molecular weight excluding hydrogens is 269 g/mol. The molecule has 2 aromatic carbocycles. The standard InChI is InChI=1S/C17H18FNO2/c1-2-3-4-12-5-8-14(9-6-12)21-16-10-7-13(17(19)20)11-15(16)18/h5-11H,2-4H2,1H3,(H2,19,20). The lowest BCUT2D eigenvalue weighted by Gasteiger charge is -2.08. The summed E-state index contributed by atoms with van der Waals surface area (Å²) in [5.41, 5.74) is 6.45. The van der Waals surface area contributed by atoms with Gasteiger partial charge in [-0.3, -0.25) is 4.79 Å². The Kier molecular flexibility index (Phi) is 4.93. The van der Waals surface area contributed by atoms with E-state index in [9.17, 15) is 9.18 Å². The van der Waals surface area contributed by atoms with Crippen LogP contribution in [-0.4, -0.2) is 5.91 Å². The van der Waals surface area contributed by atoms with E-state index < -0.39 is 11.7 Å². The minimum absolute atomic E-state index is 0.0707. The Morgan fingerprint density at radius 1 is 1.19 bits per heavy atom. The van der Waals surface area contributed by atoms with Gasteiger partial charge in [0.25, 0.3) is 0 Å². The Morgan fingerprint density at radius 2 is 1.90 bits per heavy atom. The number of hydrogen-bond acceptors (Lipinski definition) is 2. The van der Waals surface area contributed by atoms with Crippen LogP contribution in [0.4, 0.5) is 4.39 Å². The fourth-order valence-electron chi connectivity index (χ4n) is 1.97. The zero-order valence-corrected chi connectivity index (χ0v) is 11.9. The van der Waals surface area contributed by atoms with Crippen molar-refractivity contribution in [3.8, 4) is 11.5 Å². The first-order chi connectivity index (χ1) is 10.1. The summed E-state index contributed by atoms with van der Waals surface area (Å²) in [4.78, 5) is 11.0. The van der Waals surface area contributed by atoms with Crippen molar-refractivity contribution < 1.29 is 13.9 Å². The fourth-order valence-corrected chi connectivity index (χ4v) is 1.97. The molecule has 2 N–H and O–H groups in total. The van der Waals surface area contributed by atoms with Crippen molar-refractivity contribution in [2.75, 3.05) is 0 Å². The molecule has 4 heteroatoms. The van der Waals surface area contributed by atoms with Crippen LogP contribution >= 0.6 is 0 Å². The molecule has 110 valence electrons. The van der Waals surface area contributed by atoms with Gasteiger partial charge in [-0.25, -0.2) is 4.39 Å². The van der Waals surface area contributed by atoms with E-state index in [-0.39, 0.29) is 11.3 Å². The third-order valence-electron chi connectivity index (χ3n) is 3.19. The molecule has 0 radical (unpaired) electrons. The molecule has 0 unspecified atom stereocenters. The minimum atomic E-state index is -0.666. The molecule has 0 bridgehead atoms. The van der Waals surface area contributed by atoms with Gasteiger partial charge in [0.1, 0.15) is 5.75 Å². The molecule has 21 heavy (non-hydrogen) atoms. The molecule has 0 heterocycles. The van der Waals surface area contributed by atoms with E-state index in [0.29, 0.717) is 5.75 Å². The van der Waals surface area contributed by atoms with Crippen molar-refractivity contribution >= 4 is 5.91 Å². The van der Waals surface area contributed by atoms with Gasteiger partial charge in [0.15, 0.2) is 11.6 Å². The maximum atomic E-state index is 13.8. The molecule has 0 aliphatic rings. The third-order valence-corrected chi connectivity index (χ3v) is 3.19. The summed E-state index contributed by atoms with van der Waals surface area (Å²) in [6.45, 7) is 2.15. The second-order valence-electron chi connectivity index (χ2n) is 4.86. The molecule has 2 aromatic rings. The van der Waals surface area contributed by atoms with Gasteiger partial charge >= 0.3 is 0 Å². The van der Waals surface area contributed by atoms with Gasteiger partial charge in [0.2, 0.25) is 5.91 Å². The number of halogens is 1. The molecule has 0 saturated carbocycles. The van der Waals surface area contributed by atoms with Crippen LogP contribution in [0.1, 0.15) is 35.7 Å². The van der Waals surface area contributed by atoms with E-state index in [2.05, 4.69) is 6.92 Å². The predicted octanol–water partition coefficient (Wildman–Crippen LogP) is 4.06. The molecule has 0 saturated heterocycles. The number of primary amides is 1. The van der Waals surface area contributed by atoms with Gasteiger partial charge in [-0.15, -0.1) is 0 Å². The second kappa shape index (κ2) is 6.88. The van der Waals surface area contributed by atoms with Crippen molar-refractivity contribution in [1.29, 1.82) is 0 Å². The van der Waals surface area contributed by atoms with E-state index in [0.717, 1.165) is 25.3 Å².